The second kappa shape index (κ2) is 8.67. The Kier molecular flexibility index (Phi) is 5.81. The van der Waals surface area contributed by atoms with Crippen molar-refractivity contribution in [1.29, 1.82) is 0 Å². The van der Waals surface area contributed by atoms with Crippen molar-refractivity contribution >= 4 is 5.91 Å². The SMILES string of the molecule is COc1cccc(CN2CCC(Cc3ccccc3-c3cccnc3)(C(N)=O)C2)c1. The van der Waals surface area contributed by atoms with Crippen LogP contribution in [0.1, 0.15) is 17.5 Å². The zero-order chi connectivity index (χ0) is 21.0. The zero-order valence-electron chi connectivity index (χ0n) is 17.3. The van der Waals surface area contributed by atoms with Gasteiger partial charge in [0.05, 0.1) is 12.5 Å². The van der Waals surface area contributed by atoms with E-state index in [1.54, 1.807) is 13.3 Å². The van der Waals surface area contributed by atoms with E-state index in [1.807, 2.05) is 48.7 Å². The highest BCUT2D eigenvalue weighted by Gasteiger charge is 2.43. The lowest BCUT2D eigenvalue weighted by Gasteiger charge is -2.27. The summed E-state index contributed by atoms with van der Waals surface area (Å²) < 4.78 is 5.33. The molecular formula is C25H27N3O2. The number of hydrogen-bond acceptors (Lipinski definition) is 4. The number of benzene rings is 2. The Morgan fingerprint density at radius 3 is 2.80 bits per heavy atom. The Balaban J connectivity index is 1.56. The fraction of sp³-hybridized carbons (Fsp3) is 0.280. The maximum absolute atomic E-state index is 12.6. The van der Waals surface area contributed by atoms with Crippen molar-refractivity contribution in [3.05, 3.63) is 84.2 Å². The quantitative estimate of drug-likeness (QED) is 0.656. The fourth-order valence-corrected chi connectivity index (χ4v) is 4.40. The summed E-state index contributed by atoms with van der Waals surface area (Å²) in [5.74, 6) is 0.620. The molecule has 2 heterocycles. The molecule has 1 fully saturated rings. The molecule has 2 N–H and O–H groups in total. The number of primary amides is 1. The van der Waals surface area contributed by atoms with Gasteiger partial charge in [0.2, 0.25) is 5.91 Å². The van der Waals surface area contributed by atoms with Crippen molar-refractivity contribution in [2.24, 2.45) is 11.1 Å². The molecule has 0 aliphatic carbocycles. The maximum atomic E-state index is 12.6. The maximum Gasteiger partial charge on any atom is 0.225 e. The first kappa shape index (κ1) is 20.1. The minimum absolute atomic E-state index is 0.225. The number of hydrogen-bond donors (Lipinski definition) is 1. The van der Waals surface area contributed by atoms with Crippen molar-refractivity contribution in [2.45, 2.75) is 19.4 Å². The molecule has 1 aliphatic heterocycles. The molecule has 1 unspecified atom stereocenters. The monoisotopic (exact) mass is 401 g/mol. The summed E-state index contributed by atoms with van der Waals surface area (Å²) in [6, 6.07) is 20.3. The average Bonchev–Trinajstić information content (AvgIpc) is 3.18. The highest BCUT2D eigenvalue weighted by molar-refractivity contribution is 5.82. The van der Waals surface area contributed by atoms with E-state index in [1.165, 1.54) is 5.56 Å². The first-order valence-electron chi connectivity index (χ1n) is 10.2. The highest BCUT2D eigenvalue weighted by atomic mass is 16.5. The van der Waals surface area contributed by atoms with Crippen LogP contribution in [0.3, 0.4) is 0 Å². The van der Waals surface area contributed by atoms with E-state index in [4.69, 9.17) is 10.5 Å². The van der Waals surface area contributed by atoms with Gasteiger partial charge < -0.3 is 10.5 Å². The standard InChI is InChI=1S/C25H27N3O2/c1-30-22-9-4-6-19(14-22)17-28-13-11-25(18-28,24(26)29)15-20-7-2-3-10-23(20)21-8-5-12-27-16-21/h2-10,12,14,16H,11,13,15,17-18H2,1H3,(H2,26,29). The lowest BCUT2D eigenvalue weighted by molar-refractivity contribution is -0.127. The van der Waals surface area contributed by atoms with E-state index in [-0.39, 0.29) is 5.91 Å². The van der Waals surface area contributed by atoms with Crippen LogP contribution in [0.15, 0.2) is 73.1 Å². The lowest BCUT2D eigenvalue weighted by Crippen LogP contribution is -2.41. The Hall–Kier alpha value is -3.18. The minimum Gasteiger partial charge on any atom is -0.497 e. The number of carbonyl (C=O) groups excluding carboxylic acids is 1. The lowest BCUT2D eigenvalue weighted by atomic mass is 9.78. The van der Waals surface area contributed by atoms with Gasteiger partial charge in [-0.25, -0.2) is 0 Å². The van der Waals surface area contributed by atoms with Gasteiger partial charge in [0.15, 0.2) is 0 Å². The summed E-state index contributed by atoms with van der Waals surface area (Å²) in [6.07, 6.45) is 5.01. The summed E-state index contributed by atoms with van der Waals surface area (Å²) in [5.41, 5.74) is 9.87. The second-order valence-corrected chi connectivity index (χ2v) is 8.03. The topological polar surface area (TPSA) is 68.4 Å². The molecule has 30 heavy (non-hydrogen) atoms. The second-order valence-electron chi connectivity index (χ2n) is 8.03. The van der Waals surface area contributed by atoms with E-state index in [2.05, 4.69) is 28.1 Å². The van der Waals surface area contributed by atoms with Gasteiger partial charge in [-0.05, 0) is 54.3 Å². The van der Waals surface area contributed by atoms with E-state index >= 15 is 0 Å². The molecule has 1 amide bonds. The van der Waals surface area contributed by atoms with E-state index in [0.717, 1.165) is 42.0 Å². The summed E-state index contributed by atoms with van der Waals surface area (Å²) in [6.45, 7) is 2.27. The molecule has 1 aromatic heterocycles. The first-order chi connectivity index (χ1) is 14.6. The normalized spacial score (nSPS) is 19.0. The summed E-state index contributed by atoms with van der Waals surface area (Å²) in [7, 11) is 1.67. The van der Waals surface area contributed by atoms with Crippen LogP contribution in [0.25, 0.3) is 11.1 Å². The predicted octanol–water partition coefficient (Wildman–Crippen LogP) is 3.68. The number of aromatic nitrogens is 1. The van der Waals surface area contributed by atoms with E-state index in [9.17, 15) is 4.79 Å². The molecular weight excluding hydrogens is 374 g/mol. The van der Waals surface area contributed by atoms with Crippen molar-refractivity contribution in [2.75, 3.05) is 20.2 Å². The number of rotatable bonds is 7. The number of pyridine rings is 1. The van der Waals surface area contributed by atoms with Crippen LogP contribution in [0.2, 0.25) is 0 Å². The number of carbonyl (C=O) groups is 1. The predicted molar refractivity (Wildman–Crippen MR) is 118 cm³/mol. The van der Waals surface area contributed by atoms with Crippen molar-refractivity contribution in [1.82, 2.24) is 9.88 Å². The molecule has 5 nitrogen and oxygen atoms in total. The smallest absolute Gasteiger partial charge is 0.225 e. The van der Waals surface area contributed by atoms with Crippen LogP contribution in [0.4, 0.5) is 0 Å². The fourth-order valence-electron chi connectivity index (χ4n) is 4.40. The molecule has 4 rings (SSSR count). The zero-order valence-corrected chi connectivity index (χ0v) is 17.3. The Morgan fingerprint density at radius 1 is 1.17 bits per heavy atom. The molecule has 1 aliphatic rings. The summed E-state index contributed by atoms with van der Waals surface area (Å²) in [4.78, 5) is 19.2. The van der Waals surface area contributed by atoms with Crippen molar-refractivity contribution in [3.8, 4) is 16.9 Å². The Morgan fingerprint density at radius 2 is 2.03 bits per heavy atom. The molecule has 0 saturated carbocycles. The van der Waals surface area contributed by atoms with Gasteiger partial charge in [-0.2, -0.15) is 0 Å². The van der Waals surface area contributed by atoms with Gasteiger partial charge in [-0.1, -0.05) is 42.5 Å². The molecule has 3 aromatic rings. The van der Waals surface area contributed by atoms with Gasteiger partial charge >= 0.3 is 0 Å². The average molecular weight is 402 g/mol. The van der Waals surface area contributed by atoms with Crippen LogP contribution < -0.4 is 10.5 Å². The molecule has 1 saturated heterocycles. The van der Waals surface area contributed by atoms with Gasteiger partial charge in [0.25, 0.3) is 0 Å². The molecule has 0 radical (unpaired) electrons. The minimum atomic E-state index is -0.572. The number of nitrogens with two attached hydrogens (primary N) is 1. The van der Waals surface area contributed by atoms with Gasteiger partial charge in [-0.3, -0.25) is 14.7 Å². The molecule has 2 aromatic carbocycles. The molecule has 5 heteroatoms. The van der Waals surface area contributed by atoms with Crippen molar-refractivity contribution in [3.63, 3.8) is 0 Å². The third-order valence-corrected chi connectivity index (χ3v) is 6.01. The number of nitrogens with zero attached hydrogens (tertiary/aromatic N) is 2. The molecule has 0 spiro atoms. The third-order valence-electron chi connectivity index (χ3n) is 6.01. The van der Waals surface area contributed by atoms with Crippen LogP contribution in [-0.2, 0) is 17.8 Å². The molecule has 154 valence electrons. The first-order valence-corrected chi connectivity index (χ1v) is 10.2. The molecule has 1 atom stereocenters. The van der Waals surface area contributed by atoms with Crippen LogP contribution >= 0.6 is 0 Å². The number of ether oxygens (including phenoxy) is 1. The summed E-state index contributed by atoms with van der Waals surface area (Å²) in [5, 5.41) is 0. The van der Waals surface area contributed by atoms with Crippen LogP contribution in [-0.4, -0.2) is 36.0 Å². The number of likely N-dealkylation sites (tertiary alicyclic amines) is 1. The van der Waals surface area contributed by atoms with Gasteiger partial charge in [0.1, 0.15) is 5.75 Å². The van der Waals surface area contributed by atoms with Crippen LogP contribution in [0, 0.1) is 5.41 Å². The Labute approximate surface area is 177 Å². The van der Waals surface area contributed by atoms with Crippen molar-refractivity contribution < 1.29 is 9.53 Å². The number of methoxy groups -OCH3 is 1. The van der Waals surface area contributed by atoms with E-state index in [0.29, 0.717) is 13.0 Å². The van der Waals surface area contributed by atoms with Crippen LogP contribution in [0.5, 0.6) is 5.75 Å². The third kappa shape index (κ3) is 4.21. The summed E-state index contributed by atoms with van der Waals surface area (Å²) >= 11 is 0. The molecule has 0 bridgehead atoms. The number of amides is 1. The highest BCUT2D eigenvalue weighted by Crippen LogP contribution is 2.37. The Bertz CT molecular complexity index is 1020. The van der Waals surface area contributed by atoms with E-state index < -0.39 is 5.41 Å². The van der Waals surface area contributed by atoms with Gasteiger partial charge in [-0.15, -0.1) is 0 Å². The van der Waals surface area contributed by atoms with Gasteiger partial charge in [0, 0.05) is 31.0 Å². The largest absolute Gasteiger partial charge is 0.497 e.